The fraction of sp³-hybridized carbons (Fsp3) is 0.357. The highest BCUT2D eigenvalue weighted by Crippen LogP contribution is 2.21. The number of aromatic nitrogens is 1. The number of nitrogens with zero attached hydrogens (tertiary/aromatic N) is 2. The quantitative estimate of drug-likeness (QED) is 0.880. The molecule has 1 aliphatic rings. The van der Waals surface area contributed by atoms with Crippen molar-refractivity contribution in [3.8, 4) is 0 Å². The van der Waals surface area contributed by atoms with Crippen LogP contribution in [0.2, 0.25) is 0 Å². The summed E-state index contributed by atoms with van der Waals surface area (Å²) in [5.74, 6) is -2.09. The number of H-pyrrole nitrogens is 1. The second-order valence-electron chi connectivity index (χ2n) is 5.35. The Morgan fingerprint density at radius 3 is 2.67 bits per heavy atom. The van der Waals surface area contributed by atoms with E-state index in [2.05, 4.69) is 4.98 Å². The second kappa shape index (κ2) is 5.69. The van der Waals surface area contributed by atoms with Crippen LogP contribution in [-0.4, -0.2) is 59.0 Å². The van der Waals surface area contributed by atoms with Crippen molar-refractivity contribution in [2.75, 3.05) is 26.2 Å². The fourth-order valence-corrected chi connectivity index (χ4v) is 2.58. The van der Waals surface area contributed by atoms with E-state index in [1.807, 2.05) is 0 Å². The summed E-state index contributed by atoms with van der Waals surface area (Å²) in [5, 5.41) is 0. The molecule has 1 aromatic heterocycles. The zero-order valence-corrected chi connectivity index (χ0v) is 12.2. The van der Waals surface area contributed by atoms with E-state index >= 15 is 0 Å². The van der Waals surface area contributed by atoms with E-state index in [0.29, 0.717) is 10.4 Å². The van der Waals surface area contributed by atoms with Crippen molar-refractivity contribution < 1.29 is 27.2 Å². The molecule has 0 radical (unpaired) electrons. The largest absolute Gasteiger partial charge is 0.417 e. The third-order valence-corrected chi connectivity index (χ3v) is 3.65. The first kappa shape index (κ1) is 16.1. The number of piperazine rings is 1. The number of carbonyl (C=O) groups excluding carboxylic acids is 2. The summed E-state index contributed by atoms with van der Waals surface area (Å²) < 4.78 is 42.1. The number of para-hydroxylation sites is 1. The molecule has 2 aromatic rings. The summed E-state index contributed by atoms with van der Waals surface area (Å²) >= 11 is 0. The Morgan fingerprint density at radius 1 is 1.25 bits per heavy atom. The van der Waals surface area contributed by atoms with Gasteiger partial charge in [0, 0.05) is 13.1 Å². The van der Waals surface area contributed by atoms with Crippen LogP contribution in [0, 0.1) is 0 Å². The molecule has 0 aliphatic carbocycles. The number of benzene rings is 1. The highest BCUT2D eigenvalue weighted by atomic mass is 19.4. The van der Waals surface area contributed by atoms with Gasteiger partial charge < -0.3 is 14.2 Å². The Kier molecular flexibility index (Phi) is 3.82. The number of rotatable bonds is 2. The molecule has 2 amide bonds. The van der Waals surface area contributed by atoms with Gasteiger partial charge in [-0.25, -0.2) is 4.79 Å². The molecule has 10 heteroatoms. The first-order chi connectivity index (χ1) is 11.2. The molecule has 1 aromatic carbocycles. The standard InChI is InChI=1S/C14H12F3N3O4/c15-14(16,17)7-20-5-4-19(6-10(20)21)12(22)8-2-1-3-9-11(8)24-13(23)18-9/h1-3H,4-7H2,(H,18,23). The highest BCUT2D eigenvalue weighted by Gasteiger charge is 2.36. The third-order valence-electron chi connectivity index (χ3n) is 3.65. The van der Waals surface area contributed by atoms with Crippen molar-refractivity contribution in [2.45, 2.75) is 6.18 Å². The molecule has 1 fully saturated rings. The lowest BCUT2D eigenvalue weighted by Gasteiger charge is -2.34. The van der Waals surface area contributed by atoms with Crippen LogP contribution < -0.4 is 5.76 Å². The number of alkyl halides is 3. The van der Waals surface area contributed by atoms with Gasteiger partial charge in [-0.1, -0.05) is 6.07 Å². The van der Waals surface area contributed by atoms with E-state index in [1.165, 1.54) is 12.1 Å². The smallest absolute Gasteiger partial charge is 0.407 e. The summed E-state index contributed by atoms with van der Waals surface area (Å²) in [6.45, 7) is -2.04. The molecule has 3 rings (SSSR count). The van der Waals surface area contributed by atoms with Gasteiger partial charge in [0.2, 0.25) is 5.91 Å². The van der Waals surface area contributed by atoms with Crippen molar-refractivity contribution in [3.05, 3.63) is 34.3 Å². The van der Waals surface area contributed by atoms with Gasteiger partial charge in [-0.15, -0.1) is 0 Å². The molecule has 0 bridgehead atoms. The van der Waals surface area contributed by atoms with Crippen molar-refractivity contribution in [3.63, 3.8) is 0 Å². The molecule has 0 unspecified atom stereocenters. The van der Waals surface area contributed by atoms with E-state index < -0.39 is 36.8 Å². The Hall–Kier alpha value is -2.78. The van der Waals surface area contributed by atoms with Crippen molar-refractivity contribution >= 4 is 22.9 Å². The lowest BCUT2D eigenvalue weighted by Crippen LogP contribution is -2.54. The zero-order chi connectivity index (χ0) is 17.5. The van der Waals surface area contributed by atoms with Gasteiger partial charge in [0.1, 0.15) is 13.1 Å². The Balaban J connectivity index is 1.79. The van der Waals surface area contributed by atoms with Crippen LogP contribution in [-0.2, 0) is 4.79 Å². The molecular formula is C14H12F3N3O4. The summed E-state index contributed by atoms with van der Waals surface area (Å²) in [6, 6.07) is 4.50. The van der Waals surface area contributed by atoms with E-state index in [-0.39, 0.29) is 24.2 Å². The average Bonchev–Trinajstić information content (AvgIpc) is 2.87. The number of hydrogen-bond acceptors (Lipinski definition) is 4. The Labute approximate surface area is 132 Å². The molecule has 0 atom stereocenters. The molecule has 1 N–H and O–H groups in total. The van der Waals surface area contributed by atoms with Crippen molar-refractivity contribution in [1.82, 2.24) is 14.8 Å². The first-order valence-electron chi connectivity index (χ1n) is 7.00. The van der Waals surface area contributed by atoms with Crippen LogP contribution in [0.4, 0.5) is 13.2 Å². The number of carbonyl (C=O) groups is 2. The van der Waals surface area contributed by atoms with Crippen LogP contribution in [0.1, 0.15) is 10.4 Å². The monoisotopic (exact) mass is 343 g/mol. The first-order valence-corrected chi connectivity index (χ1v) is 7.00. The highest BCUT2D eigenvalue weighted by molar-refractivity contribution is 6.05. The Morgan fingerprint density at radius 2 is 2.00 bits per heavy atom. The summed E-state index contributed by atoms with van der Waals surface area (Å²) in [5.41, 5.74) is 0.452. The van der Waals surface area contributed by atoms with Crippen LogP contribution in [0.25, 0.3) is 11.1 Å². The minimum atomic E-state index is -4.48. The molecule has 0 spiro atoms. The van der Waals surface area contributed by atoms with Gasteiger partial charge in [-0.3, -0.25) is 14.6 Å². The number of oxazole rings is 1. The fourth-order valence-electron chi connectivity index (χ4n) is 2.58. The number of hydrogen-bond donors (Lipinski definition) is 1. The normalized spacial score (nSPS) is 16.0. The maximum absolute atomic E-state index is 12.5. The van der Waals surface area contributed by atoms with Crippen molar-refractivity contribution in [1.29, 1.82) is 0 Å². The maximum atomic E-state index is 12.5. The number of fused-ring (bicyclic) bond motifs is 1. The lowest BCUT2D eigenvalue weighted by molar-refractivity contribution is -0.164. The summed E-state index contributed by atoms with van der Waals surface area (Å²) in [7, 11) is 0. The minimum absolute atomic E-state index is 0.0360. The van der Waals surface area contributed by atoms with E-state index in [1.54, 1.807) is 6.07 Å². The third kappa shape index (κ3) is 3.12. The predicted molar refractivity (Wildman–Crippen MR) is 75.4 cm³/mol. The molecule has 2 heterocycles. The lowest BCUT2D eigenvalue weighted by atomic mass is 10.1. The molecular weight excluding hydrogens is 331 g/mol. The van der Waals surface area contributed by atoms with Crippen LogP contribution >= 0.6 is 0 Å². The summed E-state index contributed by atoms with van der Waals surface area (Å²) in [6.07, 6.45) is -4.48. The average molecular weight is 343 g/mol. The van der Waals surface area contributed by atoms with Crippen LogP contribution in [0.15, 0.2) is 27.4 Å². The van der Waals surface area contributed by atoms with Gasteiger partial charge in [0.05, 0.1) is 11.1 Å². The van der Waals surface area contributed by atoms with E-state index in [9.17, 15) is 27.6 Å². The van der Waals surface area contributed by atoms with E-state index in [0.717, 1.165) is 4.90 Å². The number of halogens is 3. The van der Waals surface area contributed by atoms with Gasteiger partial charge >= 0.3 is 11.9 Å². The van der Waals surface area contributed by atoms with Crippen LogP contribution in [0.3, 0.4) is 0 Å². The molecule has 0 saturated carbocycles. The number of nitrogens with one attached hydrogen (secondary N) is 1. The topological polar surface area (TPSA) is 86.6 Å². The zero-order valence-electron chi connectivity index (χ0n) is 12.2. The molecule has 7 nitrogen and oxygen atoms in total. The van der Waals surface area contributed by atoms with Gasteiger partial charge in [0.25, 0.3) is 5.91 Å². The molecule has 1 saturated heterocycles. The van der Waals surface area contributed by atoms with E-state index in [4.69, 9.17) is 4.42 Å². The van der Waals surface area contributed by atoms with Gasteiger partial charge in [0.15, 0.2) is 5.58 Å². The predicted octanol–water partition coefficient (Wildman–Crippen LogP) is 0.968. The van der Waals surface area contributed by atoms with Gasteiger partial charge in [-0.2, -0.15) is 13.2 Å². The molecule has 1 aliphatic heterocycles. The molecule has 128 valence electrons. The van der Waals surface area contributed by atoms with Crippen LogP contribution in [0.5, 0.6) is 0 Å². The van der Waals surface area contributed by atoms with Gasteiger partial charge in [-0.05, 0) is 12.1 Å². The molecule has 24 heavy (non-hydrogen) atoms. The SMILES string of the molecule is O=C1CN(C(=O)c2cccc3[nH]c(=O)oc23)CCN1CC(F)(F)F. The Bertz CT molecular complexity index is 855. The maximum Gasteiger partial charge on any atom is 0.417 e. The van der Waals surface area contributed by atoms with Crippen molar-refractivity contribution in [2.24, 2.45) is 0 Å². The number of amides is 2. The minimum Gasteiger partial charge on any atom is -0.407 e. The second-order valence-corrected chi connectivity index (χ2v) is 5.35. The number of aromatic amines is 1. The summed E-state index contributed by atoms with van der Waals surface area (Å²) in [4.78, 5) is 39.8.